The molecule has 2 unspecified atom stereocenters. The maximum absolute atomic E-state index is 6.43. The van der Waals surface area contributed by atoms with Crippen molar-refractivity contribution in [2.75, 3.05) is 20.3 Å². The van der Waals surface area contributed by atoms with E-state index >= 15 is 0 Å². The third-order valence-corrected chi connectivity index (χ3v) is 4.35. The van der Waals surface area contributed by atoms with Crippen LogP contribution in [0.3, 0.4) is 0 Å². The molecule has 4 heteroatoms. The van der Waals surface area contributed by atoms with Crippen molar-refractivity contribution in [3.63, 3.8) is 0 Å². The Bertz CT molecular complexity index is 433. The minimum Gasteiger partial charge on any atom is -0.497 e. The maximum atomic E-state index is 6.43. The average Bonchev–Trinajstić information content (AvgIpc) is 3.01. The van der Waals surface area contributed by atoms with Crippen molar-refractivity contribution in [1.82, 2.24) is 5.32 Å². The number of nitrogens with one attached hydrogen (secondary N) is 1. The van der Waals surface area contributed by atoms with Crippen LogP contribution in [0.1, 0.15) is 50.6 Å². The molecule has 1 aliphatic heterocycles. The van der Waals surface area contributed by atoms with E-state index in [2.05, 4.69) is 18.3 Å². The molecule has 1 aliphatic rings. The van der Waals surface area contributed by atoms with Crippen LogP contribution in [0.15, 0.2) is 18.2 Å². The Kier molecular flexibility index (Phi) is 6.81. The zero-order valence-electron chi connectivity index (χ0n) is 13.0. The van der Waals surface area contributed by atoms with Gasteiger partial charge in [-0.05, 0) is 56.3 Å². The van der Waals surface area contributed by atoms with Gasteiger partial charge in [-0.25, -0.2) is 0 Å². The van der Waals surface area contributed by atoms with Gasteiger partial charge in [-0.1, -0.05) is 24.6 Å². The Labute approximate surface area is 133 Å². The number of hydrogen-bond acceptors (Lipinski definition) is 3. The fourth-order valence-corrected chi connectivity index (χ4v) is 3.13. The number of ether oxygens (including phenoxy) is 2. The lowest BCUT2D eigenvalue weighted by molar-refractivity contribution is 0.0996. The van der Waals surface area contributed by atoms with E-state index in [0.29, 0.717) is 6.10 Å². The van der Waals surface area contributed by atoms with E-state index in [4.69, 9.17) is 21.1 Å². The standard InChI is InChI=1S/C17H26ClNO2/c1-3-10-19-17(9-7-13-5-4-11-21-13)15-8-6-14(20-2)12-16(15)18/h6,8,12-13,17,19H,3-5,7,9-11H2,1-2H3. The third kappa shape index (κ3) is 4.87. The van der Waals surface area contributed by atoms with Crippen LogP contribution >= 0.6 is 11.6 Å². The van der Waals surface area contributed by atoms with Crippen LogP contribution in [-0.2, 0) is 4.74 Å². The van der Waals surface area contributed by atoms with Crippen molar-refractivity contribution in [3.05, 3.63) is 28.8 Å². The van der Waals surface area contributed by atoms with Gasteiger partial charge in [0.2, 0.25) is 0 Å². The molecule has 0 radical (unpaired) electrons. The van der Waals surface area contributed by atoms with Gasteiger partial charge in [-0.2, -0.15) is 0 Å². The van der Waals surface area contributed by atoms with E-state index in [9.17, 15) is 0 Å². The molecule has 21 heavy (non-hydrogen) atoms. The Morgan fingerprint density at radius 2 is 2.33 bits per heavy atom. The van der Waals surface area contributed by atoms with Gasteiger partial charge in [0.25, 0.3) is 0 Å². The largest absolute Gasteiger partial charge is 0.497 e. The number of methoxy groups -OCH3 is 1. The molecule has 1 fully saturated rings. The lowest BCUT2D eigenvalue weighted by Gasteiger charge is -2.22. The molecule has 1 N–H and O–H groups in total. The number of benzene rings is 1. The molecule has 0 spiro atoms. The first-order valence-electron chi connectivity index (χ1n) is 7.93. The van der Waals surface area contributed by atoms with E-state index in [1.807, 2.05) is 12.1 Å². The van der Waals surface area contributed by atoms with Crippen molar-refractivity contribution >= 4 is 11.6 Å². The van der Waals surface area contributed by atoms with Crippen LogP contribution in [0, 0.1) is 0 Å². The molecule has 2 rings (SSSR count). The fraction of sp³-hybridized carbons (Fsp3) is 0.647. The minimum atomic E-state index is 0.285. The Morgan fingerprint density at radius 3 is 2.95 bits per heavy atom. The van der Waals surface area contributed by atoms with Gasteiger partial charge in [0.05, 0.1) is 13.2 Å². The first kappa shape index (κ1) is 16.6. The van der Waals surface area contributed by atoms with Gasteiger partial charge in [-0.15, -0.1) is 0 Å². The highest BCUT2D eigenvalue weighted by atomic mass is 35.5. The van der Waals surface area contributed by atoms with Crippen molar-refractivity contribution in [1.29, 1.82) is 0 Å². The topological polar surface area (TPSA) is 30.5 Å². The van der Waals surface area contributed by atoms with Gasteiger partial charge >= 0.3 is 0 Å². The molecule has 0 saturated carbocycles. The summed E-state index contributed by atoms with van der Waals surface area (Å²) in [5.41, 5.74) is 1.16. The Balaban J connectivity index is 2.03. The third-order valence-electron chi connectivity index (χ3n) is 4.03. The van der Waals surface area contributed by atoms with Crippen LogP contribution in [0.2, 0.25) is 5.02 Å². The quantitative estimate of drug-likeness (QED) is 0.774. The molecule has 1 saturated heterocycles. The SMILES string of the molecule is CCCNC(CCC1CCCO1)c1ccc(OC)cc1Cl. The van der Waals surface area contributed by atoms with Crippen molar-refractivity contribution in [2.45, 2.75) is 51.2 Å². The van der Waals surface area contributed by atoms with Gasteiger partial charge in [0.1, 0.15) is 5.75 Å². The zero-order chi connectivity index (χ0) is 15.1. The van der Waals surface area contributed by atoms with E-state index in [-0.39, 0.29) is 6.04 Å². The van der Waals surface area contributed by atoms with Gasteiger partial charge < -0.3 is 14.8 Å². The molecule has 0 aliphatic carbocycles. The summed E-state index contributed by atoms with van der Waals surface area (Å²) >= 11 is 6.43. The van der Waals surface area contributed by atoms with Crippen LogP contribution in [-0.4, -0.2) is 26.4 Å². The van der Waals surface area contributed by atoms with Crippen molar-refractivity contribution in [3.8, 4) is 5.75 Å². The average molecular weight is 312 g/mol. The molecule has 0 bridgehead atoms. The first-order chi connectivity index (χ1) is 10.2. The number of hydrogen-bond donors (Lipinski definition) is 1. The lowest BCUT2D eigenvalue weighted by atomic mass is 9.98. The Morgan fingerprint density at radius 1 is 1.48 bits per heavy atom. The van der Waals surface area contributed by atoms with E-state index in [0.717, 1.165) is 48.7 Å². The highest BCUT2D eigenvalue weighted by Crippen LogP contribution is 2.31. The molecule has 1 aromatic rings. The second-order valence-corrected chi connectivity index (χ2v) is 6.01. The van der Waals surface area contributed by atoms with E-state index in [1.165, 1.54) is 12.8 Å². The van der Waals surface area contributed by atoms with Gasteiger partial charge in [-0.3, -0.25) is 0 Å². The second-order valence-electron chi connectivity index (χ2n) is 5.61. The highest BCUT2D eigenvalue weighted by molar-refractivity contribution is 6.31. The molecule has 0 amide bonds. The first-order valence-corrected chi connectivity index (χ1v) is 8.30. The maximum Gasteiger partial charge on any atom is 0.120 e. The van der Waals surface area contributed by atoms with E-state index < -0.39 is 0 Å². The zero-order valence-corrected chi connectivity index (χ0v) is 13.8. The summed E-state index contributed by atoms with van der Waals surface area (Å²) in [6.07, 6.45) is 6.07. The predicted molar refractivity (Wildman–Crippen MR) is 87.2 cm³/mol. The Hall–Kier alpha value is -0.770. The summed E-state index contributed by atoms with van der Waals surface area (Å²) in [6, 6.07) is 6.23. The van der Waals surface area contributed by atoms with Crippen LogP contribution in [0.5, 0.6) is 5.75 Å². The van der Waals surface area contributed by atoms with Gasteiger partial charge in [0.15, 0.2) is 0 Å². The van der Waals surface area contributed by atoms with Crippen LogP contribution in [0.4, 0.5) is 0 Å². The number of halogens is 1. The molecule has 1 heterocycles. The molecule has 2 atom stereocenters. The smallest absolute Gasteiger partial charge is 0.120 e. The van der Waals surface area contributed by atoms with Crippen LogP contribution < -0.4 is 10.1 Å². The molecule has 1 aromatic carbocycles. The van der Waals surface area contributed by atoms with E-state index in [1.54, 1.807) is 7.11 Å². The monoisotopic (exact) mass is 311 g/mol. The summed E-state index contributed by atoms with van der Waals surface area (Å²) < 4.78 is 11.0. The fourth-order valence-electron chi connectivity index (χ4n) is 2.83. The van der Waals surface area contributed by atoms with Crippen molar-refractivity contribution in [2.24, 2.45) is 0 Å². The summed E-state index contributed by atoms with van der Waals surface area (Å²) in [5.74, 6) is 0.803. The number of rotatable bonds is 8. The summed E-state index contributed by atoms with van der Waals surface area (Å²) in [7, 11) is 1.66. The molecule has 3 nitrogen and oxygen atoms in total. The normalized spacial score (nSPS) is 19.7. The molecular formula is C17H26ClNO2. The summed E-state index contributed by atoms with van der Waals surface area (Å²) in [4.78, 5) is 0. The van der Waals surface area contributed by atoms with Crippen molar-refractivity contribution < 1.29 is 9.47 Å². The predicted octanol–water partition coefficient (Wildman–Crippen LogP) is 4.35. The summed E-state index contributed by atoms with van der Waals surface area (Å²) in [6.45, 7) is 4.10. The second kappa shape index (κ2) is 8.62. The molecular weight excluding hydrogens is 286 g/mol. The minimum absolute atomic E-state index is 0.285. The van der Waals surface area contributed by atoms with Crippen LogP contribution in [0.25, 0.3) is 0 Å². The lowest BCUT2D eigenvalue weighted by Crippen LogP contribution is -2.24. The molecule has 0 aromatic heterocycles. The molecule has 118 valence electrons. The summed E-state index contributed by atoms with van der Waals surface area (Å²) in [5, 5.41) is 4.38. The van der Waals surface area contributed by atoms with Gasteiger partial charge in [0, 0.05) is 17.7 Å². The highest BCUT2D eigenvalue weighted by Gasteiger charge is 2.20.